The van der Waals surface area contributed by atoms with E-state index in [2.05, 4.69) is 4.98 Å². The van der Waals surface area contributed by atoms with Gasteiger partial charge in [0, 0.05) is 43.0 Å². The predicted octanol–water partition coefficient (Wildman–Crippen LogP) is 2.84. The molecule has 0 amide bonds. The topological polar surface area (TPSA) is 39.2 Å². The minimum absolute atomic E-state index is 0.176. The average molecular weight is 241 g/mol. The number of Topliss-reactive ketones (excluding diaryl/α,β-unsaturated/α-hetero) is 1. The van der Waals surface area contributed by atoms with Gasteiger partial charge >= 0.3 is 0 Å². The summed E-state index contributed by atoms with van der Waals surface area (Å²) in [4.78, 5) is 16.5. The Morgan fingerprint density at radius 1 is 1.33 bits per heavy atom. The van der Waals surface area contributed by atoms with Crippen molar-refractivity contribution in [3.05, 3.63) is 42.2 Å². The SMILES string of the molecule is O=C(CC1CCOC1)c1cncc2ccccc12. The maximum absolute atomic E-state index is 12.3. The number of hydrogen-bond donors (Lipinski definition) is 0. The predicted molar refractivity (Wildman–Crippen MR) is 69.6 cm³/mol. The van der Waals surface area contributed by atoms with E-state index >= 15 is 0 Å². The third kappa shape index (κ3) is 2.14. The molecule has 0 aliphatic carbocycles. The molecule has 1 aromatic heterocycles. The molecule has 1 aliphatic heterocycles. The monoisotopic (exact) mass is 241 g/mol. The molecule has 1 atom stereocenters. The van der Waals surface area contributed by atoms with E-state index in [1.54, 1.807) is 12.4 Å². The first-order valence-electron chi connectivity index (χ1n) is 6.28. The summed E-state index contributed by atoms with van der Waals surface area (Å²) in [6.45, 7) is 1.50. The fourth-order valence-electron chi connectivity index (χ4n) is 2.46. The number of fused-ring (bicyclic) bond motifs is 1. The van der Waals surface area contributed by atoms with Gasteiger partial charge < -0.3 is 4.74 Å². The van der Waals surface area contributed by atoms with Gasteiger partial charge in [-0.25, -0.2) is 0 Å². The van der Waals surface area contributed by atoms with E-state index in [0.717, 1.165) is 29.4 Å². The van der Waals surface area contributed by atoms with Crippen molar-refractivity contribution < 1.29 is 9.53 Å². The lowest BCUT2D eigenvalue weighted by atomic mass is 9.96. The Kier molecular flexibility index (Phi) is 3.07. The van der Waals surface area contributed by atoms with Crippen LogP contribution in [0.25, 0.3) is 10.8 Å². The zero-order valence-electron chi connectivity index (χ0n) is 10.1. The van der Waals surface area contributed by atoms with Crippen LogP contribution in [0.1, 0.15) is 23.2 Å². The van der Waals surface area contributed by atoms with Crippen LogP contribution in [0.15, 0.2) is 36.7 Å². The van der Waals surface area contributed by atoms with Gasteiger partial charge in [-0.3, -0.25) is 9.78 Å². The fourth-order valence-corrected chi connectivity index (χ4v) is 2.46. The Morgan fingerprint density at radius 3 is 3.06 bits per heavy atom. The minimum Gasteiger partial charge on any atom is -0.381 e. The minimum atomic E-state index is 0.176. The molecule has 3 nitrogen and oxygen atoms in total. The maximum atomic E-state index is 12.3. The van der Waals surface area contributed by atoms with E-state index in [-0.39, 0.29) is 5.78 Å². The van der Waals surface area contributed by atoms with Crippen molar-refractivity contribution in [1.29, 1.82) is 0 Å². The van der Waals surface area contributed by atoms with Gasteiger partial charge in [0.25, 0.3) is 0 Å². The van der Waals surface area contributed by atoms with E-state index < -0.39 is 0 Å². The highest BCUT2D eigenvalue weighted by Crippen LogP contribution is 2.23. The summed E-state index contributed by atoms with van der Waals surface area (Å²) >= 11 is 0. The number of nitrogens with zero attached hydrogens (tertiary/aromatic N) is 1. The number of pyridine rings is 1. The largest absolute Gasteiger partial charge is 0.381 e. The van der Waals surface area contributed by atoms with E-state index in [9.17, 15) is 4.79 Å². The van der Waals surface area contributed by atoms with Gasteiger partial charge in [-0.15, -0.1) is 0 Å². The summed E-state index contributed by atoms with van der Waals surface area (Å²) in [6, 6.07) is 7.88. The summed E-state index contributed by atoms with van der Waals surface area (Å²) in [5, 5.41) is 2.02. The molecule has 0 radical (unpaired) electrons. The molecule has 2 aromatic rings. The molecule has 1 fully saturated rings. The van der Waals surface area contributed by atoms with E-state index in [1.807, 2.05) is 24.3 Å². The van der Waals surface area contributed by atoms with Crippen molar-refractivity contribution in [3.63, 3.8) is 0 Å². The number of carbonyl (C=O) groups is 1. The molecule has 1 unspecified atom stereocenters. The molecule has 0 N–H and O–H groups in total. The first-order valence-corrected chi connectivity index (χ1v) is 6.28. The second-order valence-corrected chi connectivity index (χ2v) is 4.77. The third-order valence-electron chi connectivity index (χ3n) is 3.47. The molecule has 0 bridgehead atoms. The lowest BCUT2D eigenvalue weighted by Gasteiger charge is -2.08. The van der Waals surface area contributed by atoms with Crippen LogP contribution in [-0.4, -0.2) is 24.0 Å². The molecule has 0 spiro atoms. The van der Waals surface area contributed by atoms with Crippen LogP contribution in [-0.2, 0) is 4.74 Å². The van der Waals surface area contributed by atoms with Gasteiger partial charge in [0.2, 0.25) is 0 Å². The summed E-state index contributed by atoms with van der Waals surface area (Å²) in [6.07, 6.45) is 5.03. The number of carbonyl (C=O) groups excluding carboxylic acids is 1. The Bertz CT molecular complexity index is 568. The number of ketones is 1. The standard InChI is InChI=1S/C15H15NO2/c17-15(7-11-5-6-18-10-11)14-9-16-8-12-3-1-2-4-13(12)14/h1-4,8-9,11H,5-7,10H2. The quantitative estimate of drug-likeness (QED) is 0.776. The summed E-state index contributed by atoms with van der Waals surface area (Å²) < 4.78 is 5.31. The van der Waals surface area contributed by atoms with Gasteiger partial charge in [0.15, 0.2) is 5.78 Å². The Labute approximate surface area is 106 Å². The zero-order valence-corrected chi connectivity index (χ0v) is 10.1. The molecule has 18 heavy (non-hydrogen) atoms. The van der Waals surface area contributed by atoms with E-state index in [0.29, 0.717) is 18.9 Å². The lowest BCUT2D eigenvalue weighted by Crippen LogP contribution is -2.09. The van der Waals surface area contributed by atoms with Crippen molar-refractivity contribution >= 4 is 16.6 Å². The molecular formula is C15H15NO2. The maximum Gasteiger partial charge on any atom is 0.165 e. The molecular weight excluding hydrogens is 226 g/mol. The smallest absolute Gasteiger partial charge is 0.165 e. The highest BCUT2D eigenvalue weighted by molar-refractivity contribution is 6.07. The first-order chi connectivity index (χ1) is 8.84. The molecule has 1 aliphatic rings. The Balaban J connectivity index is 1.91. The second-order valence-electron chi connectivity index (χ2n) is 4.77. The number of ether oxygens (including phenoxy) is 1. The van der Waals surface area contributed by atoms with Crippen LogP contribution in [0.2, 0.25) is 0 Å². The lowest BCUT2D eigenvalue weighted by molar-refractivity contribution is 0.0954. The van der Waals surface area contributed by atoms with Gasteiger partial charge in [0.1, 0.15) is 0 Å². The average Bonchev–Trinajstić information content (AvgIpc) is 2.91. The van der Waals surface area contributed by atoms with Crippen molar-refractivity contribution in [1.82, 2.24) is 4.98 Å². The number of hydrogen-bond acceptors (Lipinski definition) is 3. The highest BCUT2D eigenvalue weighted by atomic mass is 16.5. The van der Waals surface area contributed by atoms with Crippen LogP contribution in [0, 0.1) is 5.92 Å². The van der Waals surface area contributed by atoms with Gasteiger partial charge in [-0.2, -0.15) is 0 Å². The third-order valence-corrected chi connectivity index (χ3v) is 3.47. The molecule has 2 heterocycles. The number of aromatic nitrogens is 1. The van der Waals surface area contributed by atoms with Crippen molar-refractivity contribution in [2.75, 3.05) is 13.2 Å². The second kappa shape index (κ2) is 4.86. The summed E-state index contributed by atoms with van der Waals surface area (Å²) in [5.41, 5.74) is 0.736. The van der Waals surface area contributed by atoms with Crippen LogP contribution in [0.3, 0.4) is 0 Å². The van der Waals surface area contributed by atoms with Gasteiger partial charge in [0.05, 0.1) is 0 Å². The van der Waals surface area contributed by atoms with Crippen LogP contribution < -0.4 is 0 Å². The molecule has 92 valence electrons. The molecule has 3 heteroatoms. The van der Waals surface area contributed by atoms with E-state index in [1.165, 1.54) is 0 Å². The van der Waals surface area contributed by atoms with Gasteiger partial charge in [-0.1, -0.05) is 24.3 Å². The molecule has 1 saturated heterocycles. The van der Waals surface area contributed by atoms with Gasteiger partial charge in [-0.05, 0) is 17.7 Å². The van der Waals surface area contributed by atoms with E-state index in [4.69, 9.17) is 4.74 Å². The summed E-state index contributed by atoms with van der Waals surface area (Å²) in [5.74, 6) is 0.547. The normalized spacial score (nSPS) is 19.2. The fraction of sp³-hybridized carbons (Fsp3) is 0.333. The molecule has 1 aromatic carbocycles. The Morgan fingerprint density at radius 2 is 2.22 bits per heavy atom. The number of benzene rings is 1. The highest BCUT2D eigenvalue weighted by Gasteiger charge is 2.21. The molecule has 0 saturated carbocycles. The van der Waals surface area contributed by atoms with Crippen molar-refractivity contribution in [2.45, 2.75) is 12.8 Å². The summed E-state index contributed by atoms with van der Waals surface area (Å²) in [7, 11) is 0. The molecule has 3 rings (SSSR count). The van der Waals surface area contributed by atoms with Crippen molar-refractivity contribution in [3.8, 4) is 0 Å². The van der Waals surface area contributed by atoms with Crippen LogP contribution >= 0.6 is 0 Å². The van der Waals surface area contributed by atoms with Crippen molar-refractivity contribution in [2.24, 2.45) is 5.92 Å². The zero-order chi connectivity index (χ0) is 12.4. The number of rotatable bonds is 3. The first kappa shape index (κ1) is 11.4. The van der Waals surface area contributed by atoms with Crippen LogP contribution in [0.5, 0.6) is 0 Å². The van der Waals surface area contributed by atoms with Crippen LogP contribution in [0.4, 0.5) is 0 Å². The Hall–Kier alpha value is -1.74.